The third-order valence-electron chi connectivity index (χ3n) is 5.32. The number of nitrogen functional groups attached to an aromatic ring is 1. The smallest absolute Gasteiger partial charge is 0.368 e. The van der Waals surface area contributed by atoms with Gasteiger partial charge in [-0.15, -0.1) is 0 Å². The first-order valence-corrected chi connectivity index (χ1v) is 11.4. The molecule has 1 aromatic heterocycles. The van der Waals surface area contributed by atoms with Crippen LogP contribution < -0.4 is 11.4 Å². The first kappa shape index (κ1) is 19.1. The standard InChI is InChI=1S/C16H30N4O3Si/c1-8-11-10(2)13(23-24(6,7)16(3,4)5)14(22-11)20-15(21)19-12(17)9-18-20/h9-11,13-14H,8H2,1-7H3,(H2,17,19,21)/t10?,11-,13+,14-/m1/s1. The zero-order valence-electron chi connectivity index (χ0n) is 15.7. The van der Waals surface area contributed by atoms with Gasteiger partial charge in [0.15, 0.2) is 14.5 Å². The van der Waals surface area contributed by atoms with Crippen molar-refractivity contribution in [3.05, 3.63) is 16.7 Å². The zero-order chi connectivity index (χ0) is 18.3. The maximum atomic E-state index is 12.2. The summed E-state index contributed by atoms with van der Waals surface area (Å²) >= 11 is 0. The minimum Gasteiger partial charge on any atom is -0.409 e. The van der Waals surface area contributed by atoms with Crippen LogP contribution in [-0.2, 0) is 9.16 Å². The first-order chi connectivity index (χ1) is 11.0. The van der Waals surface area contributed by atoms with Gasteiger partial charge < -0.3 is 14.9 Å². The minimum absolute atomic E-state index is 0.0241. The summed E-state index contributed by atoms with van der Waals surface area (Å²) in [5.41, 5.74) is 5.04. The average molecular weight is 355 g/mol. The Hall–Kier alpha value is -1.25. The molecule has 1 aliphatic heterocycles. The molecule has 7 nitrogen and oxygen atoms in total. The fourth-order valence-corrected chi connectivity index (χ4v) is 4.10. The predicted molar refractivity (Wildman–Crippen MR) is 96.1 cm³/mol. The summed E-state index contributed by atoms with van der Waals surface area (Å²) in [6.45, 7) is 15.2. The molecule has 2 rings (SSSR count). The van der Waals surface area contributed by atoms with E-state index in [0.29, 0.717) is 0 Å². The van der Waals surface area contributed by atoms with Gasteiger partial charge in [-0.3, -0.25) is 0 Å². The molecule has 1 unspecified atom stereocenters. The number of hydrogen-bond donors (Lipinski definition) is 1. The van der Waals surface area contributed by atoms with Crippen molar-refractivity contribution in [2.75, 3.05) is 5.73 Å². The molecule has 136 valence electrons. The van der Waals surface area contributed by atoms with Crippen molar-refractivity contribution in [1.82, 2.24) is 14.8 Å². The lowest BCUT2D eigenvalue weighted by molar-refractivity contribution is -0.0452. The zero-order valence-corrected chi connectivity index (χ0v) is 16.7. The van der Waals surface area contributed by atoms with E-state index in [-0.39, 0.29) is 29.0 Å². The summed E-state index contributed by atoms with van der Waals surface area (Å²) in [6.07, 6.45) is 1.45. The molecule has 0 saturated carbocycles. The van der Waals surface area contributed by atoms with E-state index in [1.54, 1.807) is 0 Å². The van der Waals surface area contributed by atoms with Gasteiger partial charge in [-0.25, -0.2) is 4.79 Å². The van der Waals surface area contributed by atoms with E-state index in [4.69, 9.17) is 14.9 Å². The molecule has 0 amide bonds. The highest BCUT2D eigenvalue weighted by Crippen LogP contribution is 2.43. The molecular formula is C16H30N4O3Si. The number of nitrogens with two attached hydrogens (primary N) is 1. The molecule has 2 N–H and O–H groups in total. The van der Waals surface area contributed by atoms with Gasteiger partial charge in [-0.2, -0.15) is 14.8 Å². The lowest BCUT2D eigenvalue weighted by Crippen LogP contribution is -2.48. The van der Waals surface area contributed by atoms with Crippen LogP contribution in [0.2, 0.25) is 18.1 Å². The number of hydrogen-bond acceptors (Lipinski definition) is 6. The van der Waals surface area contributed by atoms with Crippen LogP contribution in [0.25, 0.3) is 0 Å². The van der Waals surface area contributed by atoms with E-state index in [1.165, 1.54) is 10.9 Å². The molecule has 1 aliphatic rings. The van der Waals surface area contributed by atoms with Crippen molar-refractivity contribution in [1.29, 1.82) is 0 Å². The Balaban J connectivity index is 2.39. The van der Waals surface area contributed by atoms with Crippen molar-refractivity contribution in [3.63, 3.8) is 0 Å². The lowest BCUT2D eigenvalue weighted by atomic mass is 9.99. The van der Waals surface area contributed by atoms with Crippen LogP contribution in [0.4, 0.5) is 5.82 Å². The third-order valence-corrected chi connectivity index (χ3v) is 9.79. The second-order valence-corrected chi connectivity index (χ2v) is 12.8. The normalized spacial score (nSPS) is 28.3. The number of ether oxygens (including phenoxy) is 1. The Labute approximate surface area is 144 Å². The molecule has 0 aliphatic carbocycles. The minimum atomic E-state index is -2.03. The van der Waals surface area contributed by atoms with Gasteiger partial charge in [0.1, 0.15) is 5.82 Å². The largest absolute Gasteiger partial charge is 0.409 e. The van der Waals surface area contributed by atoms with Crippen LogP contribution in [-0.4, -0.2) is 35.3 Å². The summed E-state index contributed by atoms with van der Waals surface area (Å²) < 4.78 is 14.0. The van der Waals surface area contributed by atoms with Gasteiger partial charge in [-0.1, -0.05) is 34.6 Å². The van der Waals surface area contributed by atoms with Gasteiger partial charge >= 0.3 is 5.69 Å². The molecule has 1 saturated heterocycles. The van der Waals surface area contributed by atoms with Crippen molar-refractivity contribution in [2.24, 2.45) is 5.92 Å². The highest BCUT2D eigenvalue weighted by atomic mass is 28.4. The summed E-state index contributed by atoms with van der Waals surface area (Å²) in [5, 5.41) is 4.20. The van der Waals surface area contributed by atoms with Crippen LogP contribution in [0.15, 0.2) is 11.0 Å². The van der Waals surface area contributed by atoms with Crippen molar-refractivity contribution >= 4 is 14.1 Å². The fraction of sp³-hybridized carbons (Fsp3) is 0.812. The van der Waals surface area contributed by atoms with E-state index in [2.05, 4.69) is 57.8 Å². The molecule has 0 spiro atoms. The molecule has 0 bridgehead atoms. The molecule has 1 aromatic rings. The molecule has 24 heavy (non-hydrogen) atoms. The highest BCUT2D eigenvalue weighted by molar-refractivity contribution is 6.74. The maximum absolute atomic E-state index is 12.2. The summed E-state index contributed by atoms with van der Waals surface area (Å²) in [7, 11) is -2.03. The number of anilines is 1. The summed E-state index contributed by atoms with van der Waals surface area (Å²) in [5.74, 6) is 0.275. The van der Waals surface area contributed by atoms with E-state index in [0.717, 1.165) is 6.42 Å². The van der Waals surface area contributed by atoms with Crippen LogP contribution in [0, 0.1) is 5.92 Å². The molecular weight excluding hydrogens is 324 g/mol. The Kier molecular flexibility index (Phi) is 5.22. The highest BCUT2D eigenvalue weighted by Gasteiger charge is 2.49. The van der Waals surface area contributed by atoms with Crippen molar-refractivity contribution in [3.8, 4) is 0 Å². The fourth-order valence-electron chi connectivity index (χ4n) is 2.73. The summed E-state index contributed by atoms with van der Waals surface area (Å²) in [6, 6.07) is 0. The Morgan fingerprint density at radius 2 is 2.04 bits per heavy atom. The predicted octanol–water partition coefficient (Wildman–Crippen LogP) is 2.55. The second kappa shape index (κ2) is 6.57. The van der Waals surface area contributed by atoms with Crippen molar-refractivity contribution in [2.45, 2.75) is 77.6 Å². The van der Waals surface area contributed by atoms with Crippen LogP contribution in [0.3, 0.4) is 0 Å². The monoisotopic (exact) mass is 354 g/mol. The van der Waals surface area contributed by atoms with Gasteiger partial charge in [-0.05, 0) is 24.6 Å². The summed E-state index contributed by atoms with van der Waals surface area (Å²) in [4.78, 5) is 16.0. The van der Waals surface area contributed by atoms with Crippen LogP contribution >= 0.6 is 0 Å². The average Bonchev–Trinajstić information content (AvgIpc) is 2.74. The molecule has 4 atom stereocenters. The molecule has 1 fully saturated rings. The molecule has 0 aromatic carbocycles. The van der Waals surface area contributed by atoms with Gasteiger partial charge in [0.2, 0.25) is 0 Å². The van der Waals surface area contributed by atoms with Gasteiger partial charge in [0.25, 0.3) is 0 Å². The molecule has 2 heterocycles. The van der Waals surface area contributed by atoms with Gasteiger partial charge in [0.05, 0.1) is 18.4 Å². The first-order valence-electron chi connectivity index (χ1n) is 8.52. The molecule has 0 radical (unpaired) electrons. The number of nitrogens with zero attached hydrogens (tertiary/aromatic N) is 3. The quantitative estimate of drug-likeness (QED) is 0.835. The Bertz CT molecular complexity index is 641. The number of rotatable bonds is 4. The van der Waals surface area contributed by atoms with Crippen LogP contribution in [0.5, 0.6) is 0 Å². The topological polar surface area (TPSA) is 92.3 Å². The van der Waals surface area contributed by atoms with Crippen molar-refractivity contribution < 1.29 is 9.16 Å². The van der Waals surface area contributed by atoms with E-state index in [9.17, 15) is 4.79 Å². The number of aromatic nitrogens is 3. The SMILES string of the molecule is CC[C@H]1O[C@@H](n2ncc(N)nc2=O)[C@@H](O[Si](C)(C)C(C)(C)C)C1C. The van der Waals surface area contributed by atoms with E-state index < -0.39 is 20.2 Å². The Morgan fingerprint density at radius 3 is 2.54 bits per heavy atom. The third kappa shape index (κ3) is 3.55. The van der Waals surface area contributed by atoms with E-state index in [1.807, 2.05) is 0 Å². The van der Waals surface area contributed by atoms with Gasteiger partial charge in [0, 0.05) is 5.92 Å². The maximum Gasteiger partial charge on any atom is 0.368 e. The second-order valence-electron chi connectivity index (χ2n) is 8.08. The van der Waals surface area contributed by atoms with E-state index >= 15 is 0 Å². The molecule has 8 heteroatoms. The Morgan fingerprint density at radius 1 is 1.42 bits per heavy atom. The van der Waals surface area contributed by atoms with Crippen LogP contribution in [0.1, 0.15) is 47.3 Å². The lowest BCUT2D eigenvalue weighted by Gasteiger charge is -2.40.